The van der Waals surface area contributed by atoms with Gasteiger partial charge in [0, 0.05) is 6.42 Å². The first kappa shape index (κ1) is 10.8. The number of carboxylic acid groups (broad SMARTS) is 1. The first-order chi connectivity index (χ1) is 6.59. The fraction of sp³-hybridized carbons (Fsp3) is 0.600. The normalized spacial score (nSPS) is 16.6. The number of carboxylic acids is 1. The highest BCUT2D eigenvalue weighted by atomic mass is 16.4. The molecule has 0 bridgehead atoms. The number of carbonyl (C=O) groups excluding carboxylic acids is 1. The van der Waals surface area contributed by atoms with Crippen LogP contribution >= 0.6 is 0 Å². The molecule has 2 N–H and O–H groups in total. The maximum Gasteiger partial charge on any atom is 0.351 e. The minimum absolute atomic E-state index is 0.232. The van der Waals surface area contributed by atoms with Gasteiger partial charge in [-0.05, 0) is 18.8 Å². The van der Waals surface area contributed by atoms with Crippen LogP contribution in [0.15, 0.2) is 12.3 Å². The van der Waals surface area contributed by atoms with Crippen molar-refractivity contribution in [1.29, 1.82) is 0 Å². The third-order valence-electron chi connectivity index (χ3n) is 2.50. The highest BCUT2D eigenvalue weighted by Gasteiger charge is 2.19. The van der Waals surface area contributed by atoms with E-state index in [0.29, 0.717) is 12.3 Å². The first-order valence-corrected chi connectivity index (χ1v) is 4.81. The Balaban J connectivity index is 2.28. The summed E-state index contributed by atoms with van der Waals surface area (Å²) < 4.78 is 0. The van der Waals surface area contributed by atoms with E-state index in [1.807, 2.05) is 0 Å². The molecule has 0 unspecified atom stereocenters. The molecule has 0 aromatic heterocycles. The Morgan fingerprint density at radius 3 is 2.43 bits per heavy atom. The molecule has 0 spiro atoms. The number of carbonyl (C=O) groups is 2. The summed E-state index contributed by atoms with van der Waals surface area (Å²) >= 11 is 0. The highest BCUT2D eigenvalue weighted by molar-refractivity contribution is 5.92. The highest BCUT2D eigenvalue weighted by Crippen LogP contribution is 2.27. The summed E-state index contributed by atoms with van der Waals surface area (Å²) in [6.45, 7) is 3.24. The molecule has 0 saturated heterocycles. The van der Waals surface area contributed by atoms with Gasteiger partial charge in [0.2, 0.25) is 5.91 Å². The molecule has 0 aromatic carbocycles. The Morgan fingerprint density at radius 2 is 1.93 bits per heavy atom. The van der Waals surface area contributed by atoms with E-state index < -0.39 is 5.97 Å². The predicted molar refractivity (Wildman–Crippen MR) is 51.5 cm³/mol. The standard InChI is InChI=1S/C10H15NO3/c1-7(10(13)14)11-9(12)6-8-4-2-3-5-8/h8H,1-6H2,(H,11,12)(H,13,14). The molecule has 0 atom stereocenters. The second-order valence-corrected chi connectivity index (χ2v) is 3.69. The van der Waals surface area contributed by atoms with Gasteiger partial charge in [0.25, 0.3) is 0 Å². The molecule has 14 heavy (non-hydrogen) atoms. The van der Waals surface area contributed by atoms with E-state index in [0.717, 1.165) is 12.8 Å². The predicted octanol–water partition coefficient (Wildman–Crippen LogP) is 1.28. The largest absolute Gasteiger partial charge is 0.477 e. The molecule has 4 heteroatoms. The van der Waals surface area contributed by atoms with Crippen LogP contribution in [0.4, 0.5) is 0 Å². The second-order valence-electron chi connectivity index (χ2n) is 3.69. The fourth-order valence-corrected chi connectivity index (χ4v) is 1.75. The van der Waals surface area contributed by atoms with E-state index in [-0.39, 0.29) is 11.6 Å². The Labute approximate surface area is 83.0 Å². The van der Waals surface area contributed by atoms with Gasteiger partial charge in [0.1, 0.15) is 5.70 Å². The van der Waals surface area contributed by atoms with Gasteiger partial charge in [-0.2, -0.15) is 0 Å². The third-order valence-corrected chi connectivity index (χ3v) is 2.50. The monoisotopic (exact) mass is 197 g/mol. The van der Waals surface area contributed by atoms with E-state index in [9.17, 15) is 9.59 Å². The van der Waals surface area contributed by atoms with Crippen LogP contribution in [0.1, 0.15) is 32.1 Å². The van der Waals surface area contributed by atoms with Gasteiger partial charge < -0.3 is 10.4 Å². The van der Waals surface area contributed by atoms with Crippen LogP contribution in [0.3, 0.4) is 0 Å². The number of hydrogen-bond donors (Lipinski definition) is 2. The summed E-state index contributed by atoms with van der Waals surface area (Å²) in [6.07, 6.45) is 4.93. The van der Waals surface area contributed by atoms with Crippen molar-refractivity contribution in [3.05, 3.63) is 12.3 Å². The lowest BCUT2D eigenvalue weighted by Crippen LogP contribution is -2.27. The number of amides is 1. The molecular formula is C10H15NO3. The number of hydrogen-bond acceptors (Lipinski definition) is 2. The van der Waals surface area contributed by atoms with Gasteiger partial charge in [-0.25, -0.2) is 4.79 Å². The molecule has 1 saturated carbocycles. The van der Waals surface area contributed by atoms with Gasteiger partial charge in [0.15, 0.2) is 0 Å². The van der Waals surface area contributed by atoms with Gasteiger partial charge in [-0.3, -0.25) is 4.79 Å². The van der Waals surface area contributed by atoms with Crippen molar-refractivity contribution in [2.45, 2.75) is 32.1 Å². The van der Waals surface area contributed by atoms with Crippen molar-refractivity contribution in [3.8, 4) is 0 Å². The Kier molecular flexibility index (Phi) is 3.68. The molecule has 78 valence electrons. The van der Waals surface area contributed by atoms with E-state index in [4.69, 9.17) is 5.11 Å². The van der Waals surface area contributed by atoms with Crippen LogP contribution in [-0.4, -0.2) is 17.0 Å². The molecule has 0 aromatic rings. The van der Waals surface area contributed by atoms with Gasteiger partial charge in [-0.15, -0.1) is 0 Å². The molecule has 1 aliphatic rings. The zero-order chi connectivity index (χ0) is 10.6. The van der Waals surface area contributed by atoms with E-state index in [1.54, 1.807) is 0 Å². The van der Waals surface area contributed by atoms with Gasteiger partial charge >= 0.3 is 5.97 Å². The summed E-state index contributed by atoms with van der Waals surface area (Å²) in [5, 5.41) is 10.8. The van der Waals surface area contributed by atoms with Crippen LogP contribution in [0, 0.1) is 5.92 Å². The summed E-state index contributed by atoms with van der Waals surface area (Å²) in [7, 11) is 0. The molecule has 1 amide bonds. The zero-order valence-corrected chi connectivity index (χ0v) is 8.08. The van der Waals surface area contributed by atoms with Crippen LogP contribution in [-0.2, 0) is 9.59 Å². The maximum absolute atomic E-state index is 11.3. The van der Waals surface area contributed by atoms with Gasteiger partial charge in [-0.1, -0.05) is 19.4 Å². The van der Waals surface area contributed by atoms with Crippen molar-refractivity contribution in [1.82, 2.24) is 5.32 Å². The smallest absolute Gasteiger partial charge is 0.351 e. The fourth-order valence-electron chi connectivity index (χ4n) is 1.75. The third kappa shape index (κ3) is 3.20. The SMILES string of the molecule is C=C(NC(=O)CC1CCCC1)C(=O)O. The van der Waals surface area contributed by atoms with Crippen LogP contribution in [0.5, 0.6) is 0 Å². The minimum Gasteiger partial charge on any atom is -0.477 e. The minimum atomic E-state index is -1.18. The van der Waals surface area contributed by atoms with Crippen LogP contribution in [0.2, 0.25) is 0 Å². The zero-order valence-electron chi connectivity index (χ0n) is 8.08. The molecule has 4 nitrogen and oxygen atoms in total. The Hall–Kier alpha value is -1.32. The van der Waals surface area contributed by atoms with Crippen molar-refractivity contribution in [3.63, 3.8) is 0 Å². The lowest BCUT2D eigenvalue weighted by molar-refractivity contribution is -0.134. The summed E-state index contributed by atoms with van der Waals surface area (Å²) in [5.74, 6) is -0.981. The van der Waals surface area contributed by atoms with Gasteiger partial charge in [0.05, 0.1) is 0 Å². The van der Waals surface area contributed by atoms with Crippen molar-refractivity contribution >= 4 is 11.9 Å². The lowest BCUT2D eigenvalue weighted by Gasteiger charge is -2.08. The molecule has 0 aliphatic heterocycles. The Bertz CT molecular complexity index is 254. The number of rotatable bonds is 4. The molecule has 1 fully saturated rings. The van der Waals surface area contributed by atoms with E-state index in [1.165, 1.54) is 12.8 Å². The van der Waals surface area contributed by atoms with Crippen molar-refractivity contribution < 1.29 is 14.7 Å². The number of aliphatic carboxylic acids is 1. The van der Waals surface area contributed by atoms with E-state index >= 15 is 0 Å². The molecule has 0 heterocycles. The lowest BCUT2D eigenvalue weighted by atomic mass is 10.0. The summed E-state index contributed by atoms with van der Waals surface area (Å²) in [5.41, 5.74) is -0.243. The van der Waals surface area contributed by atoms with Crippen molar-refractivity contribution in [2.75, 3.05) is 0 Å². The first-order valence-electron chi connectivity index (χ1n) is 4.81. The molecule has 0 radical (unpaired) electrons. The second kappa shape index (κ2) is 4.79. The van der Waals surface area contributed by atoms with E-state index in [2.05, 4.69) is 11.9 Å². The van der Waals surface area contributed by atoms with Crippen molar-refractivity contribution in [2.24, 2.45) is 5.92 Å². The molecular weight excluding hydrogens is 182 g/mol. The average molecular weight is 197 g/mol. The Morgan fingerprint density at radius 1 is 1.36 bits per heavy atom. The summed E-state index contributed by atoms with van der Waals surface area (Å²) in [4.78, 5) is 21.6. The number of nitrogens with one attached hydrogen (secondary N) is 1. The topological polar surface area (TPSA) is 66.4 Å². The van der Waals surface area contributed by atoms with Crippen LogP contribution in [0.25, 0.3) is 0 Å². The molecule has 1 rings (SSSR count). The average Bonchev–Trinajstić information content (AvgIpc) is 2.56. The quantitative estimate of drug-likeness (QED) is 0.667. The molecule has 1 aliphatic carbocycles. The van der Waals surface area contributed by atoms with Crippen LogP contribution < -0.4 is 5.32 Å². The maximum atomic E-state index is 11.3. The summed E-state index contributed by atoms with van der Waals surface area (Å²) in [6, 6.07) is 0.